The van der Waals surface area contributed by atoms with Crippen LogP contribution in [0, 0.1) is 63.6 Å². The van der Waals surface area contributed by atoms with Crippen LogP contribution in [-0.2, 0) is 14.3 Å². The van der Waals surface area contributed by atoms with Crippen LogP contribution in [0.5, 0.6) is 0 Å². The molecular weight excluding hydrogens is 785 g/mol. The van der Waals surface area contributed by atoms with E-state index in [2.05, 4.69) is 82.2 Å². The monoisotopic (exact) mass is 895 g/mol. The number of hydrogen-bond donors (Lipinski definition) is 1. The van der Waals surface area contributed by atoms with Crippen LogP contribution in [0.15, 0.2) is 11.6 Å². The van der Waals surface area contributed by atoms with E-state index in [0.29, 0.717) is 22.7 Å². The van der Waals surface area contributed by atoms with Crippen molar-refractivity contribution < 1.29 is 19.4 Å². The van der Waals surface area contributed by atoms with Crippen molar-refractivity contribution in [3.05, 3.63) is 11.6 Å². The van der Waals surface area contributed by atoms with Gasteiger partial charge >= 0.3 is 11.9 Å². The molecule has 0 amide bonds. The minimum absolute atomic E-state index is 0.103. The third-order valence-corrected chi connectivity index (χ3v) is 17.7. The van der Waals surface area contributed by atoms with Gasteiger partial charge < -0.3 is 9.84 Å². The number of fused-ring (bicyclic) bond motifs is 5. The molecule has 0 bridgehead atoms. The van der Waals surface area contributed by atoms with Crippen molar-refractivity contribution in [2.24, 2.45) is 63.6 Å². The number of unbranched alkanes of at least 4 members (excludes halogenated alkanes) is 14. The minimum atomic E-state index is -0.663. The SMILES string of the molecule is CC(CCCCCCCC(=O)O)CC(C)(C)C.CCCCCCCCCC(CCCCCCC)C(=O)OC1CC[C@@]2(C)C(=CCC3C2CC[C@@]2(C)C3CC[C@@H]2[C@H](C)CCCC(C)C)C1. The van der Waals surface area contributed by atoms with Gasteiger partial charge in [0, 0.05) is 12.8 Å². The predicted octanol–water partition coefficient (Wildman–Crippen LogP) is 18.9. The summed E-state index contributed by atoms with van der Waals surface area (Å²) in [6.07, 6.45) is 43.6. The topological polar surface area (TPSA) is 63.6 Å². The molecule has 4 nitrogen and oxygen atoms in total. The van der Waals surface area contributed by atoms with Crippen LogP contribution in [0.25, 0.3) is 0 Å². The molecule has 4 aliphatic carbocycles. The Morgan fingerprint density at radius 1 is 0.688 bits per heavy atom. The van der Waals surface area contributed by atoms with Gasteiger partial charge in [-0.05, 0) is 128 Å². The molecule has 374 valence electrons. The lowest BCUT2D eigenvalue weighted by Crippen LogP contribution is -2.51. The standard InChI is InChI=1S/C45H80O2.C15H30O2/c1-8-10-12-14-15-17-19-24-36(23-18-16-13-11-9-2)43(46)47-38-29-31-44(6)37(33-38)25-26-39-41-28-27-40(35(5)22-20-21-34(3)4)45(41,7)32-30-42(39)44;1-13(12-15(2,3)4)10-8-6-5-7-9-11-14(16)17/h25,34-36,38-42H,8-24,26-33H2,1-7H3;13H,5-12H2,1-4H3,(H,16,17)/t35-,36?,38?,39?,40-,41?,42?,44+,45-;/m1./s1. The Morgan fingerprint density at radius 3 is 1.84 bits per heavy atom. The summed E-state index contributed by atoms with van der Waals surface area (Å²) in [6, 6.07) is 0. The van der Waals surface area contributed by atoms with Gasteiger partial charge in [0.2, 0.25) is 0 Å². The van der Waals surface area contributed by atoms with Crippen molar-refractivity contribution in [3.63, 3.8) is 0 Å². The summed E-state index contributed by atoms with van der Waals surface area (Å²) in [4.78, 5) is 24.0. The maximum Gasteiger partial charge on any atom is 0.309 e. The molecule has 0 spiro atoms. The lowest BCUT2D eigenvalue weighted by atomic mass is 9.47. The molecule has 0 aromatic rings. The second-order valence-corrected chi connectivity index (χ2v) is 25.0. The fraction of sp³-hybridized carbons (Fsp3) is 0.933. The second-order valence-electron chi connectivity index (χ2n) is 25.0. The number of carbonyl (C=O) groups excluding carboxylic acids is 1. The van der Waals surface area contributed by atoms with Crippen LogP contribution in [0.1, 0.15) is 288 Å². The lowest BCUT2D eigenvalue weighted by molar-refractivity contribution is -0.157. The molecule has 0 aromatic heterocycles. The highest BCUT2D eigenvalue weighted by molar-refractivity contribution is 5.72. The summed E-state index contributed by atoms with van der Waals surface area (Å²) >= 11 is 0. The van der Waals surface area contributed by atoms with E-state index in [1.165, 1.54) is 167 Å². The van der Waals surface area contributed by atoms with Crippen LogP contribution in [0.4, 0.5) is 0 Å². The Bertz CT molecular complexity index is 1310. The maximum atomic E-state index is 13.7. The Labute approximate surface area is 399 Å². The van der Waals surface area contributed by atoms with Crippen molar-refractivity contribution in [2.75, 3.05) is 0 Å². The van der Waals surface area contributed by atoms with Gasteiger partial charge in [-0.3, -0.25) is 9.59 Å². The normalized spacial score (nSPS) is 27.9. The molecule has 0 aliphatic heterocycles. The number of esters is 1. The number of carboxylic acids is 1. The summed E-state index contributed by atoms with van der Waals surface area (Å²) in [5, 5.41) is 8.50. The van der Waals surface area contributed by atoms with E-state index in [1.807, 2.05) is 0 Å². The van der Waals surface area contributed by atoms with E-state index in [4.69, 9.17) is 9.84 Å². The molecule has 3 fully saturated rings. The zero-order chi connectivity index (χ0) is 47.2. The first-order valence-corrected chi connectivity index (χ1v) is 28.6. The summed E-state index contributed by atoms with van der Waals surface area (Å²) in [5.41, 5.74) is 2.98. The average molecular weight is 896 g/mol. The number of ether oxygens (including phenoxy) is 1. The van der Waals surface area contributed by atoms with Gasteiger partial charge in [-0.15, -0.1) is 0 Å². The van der Waals surface area contributed by atoms with Crippen LogP contribution in [0.2, 0.25) is 0 Å². The summed E-state index contributed by atoms with van der Waals surface area (Å²) in [6.45, 7) is 26.5. The van der Waals surface area contributed by atoms with Gasteiger partial charge in [-0.2, -0.15) is 0 Å². The highest BCUT2D eigenvalue weighted by Crippen LogP contribution is 2.67. The molecule has 6 unspecified atom stereocenters. The minimum Gasteiger partial charge on any atom is -0.481 e. The number of hydrogen-bond acceptors (Lipinski definition) is 3. The first-order chi connectivity index (χ1) is 30.4. The molecule has 64 heavy (non-hydrogen) atoms. The Morgan fingerprint density at radius 2 is 1.27 bits per heavy atom. The molecule has 0 saturated heterocycles. The molecule has 4 heteroatoms. The largest absolute Gasteiger partial charge is 0.481 e. The van der Waals surface area contributed by atoms with Crippen molar-refractivity contribution in [2.45, 2.75) is 294 Å². The molecular formula is C60H110O4. The van der Waals surface area contributed by atoms with E-state index in [0.717, 1.165) is 80.0 Å². The van der Waals surface area contributed by atoms with E-state index in [-0.39, 0.29) is 18.0 Å². The summed E-state index contributed by atoms with van der Waals surface area (Å²) in [5.74, 6) is 5.66. The summed E-state index contributed by atoms with van der Waals surface area (Å²) in [7, 11) is 0. The molecule has 1 N–H and O–H groups in total. The van der Waals surface area contributed by atoms with Gasteiger partial charge in [0.05, 0.1) is 5.92 Å². The smallest absolute Gasteiger partial charge is 0.309 e. The number of carboxylic acid groups (broad SMARTS) is 1. The fourth-order valence-corrected chi connectivity index (χ4v) is 14.2. The van der Waals surface area contributed by atoms with E-state index < -0.39 is 5.97 Å². The number of aliphatic carboxylic acids is 1. The quantitative estimate of drug-likeness (QED) is 0.0443. The number of carbonyl (C=O) groups is 2. The highest BCUT2D eigenvalue weighted by Gasteiger charge is 2.59. The van der Waals surface area contributed by atoms with Crippen molar-refractivity contribution in [1.29, 1.82) is 0 Å². The molecule has 0 radical (unpaired) electrons. The Balaban J connectivity index is 0.000000541. The van der Waals surface area contributed by atoms with Crippen LogP contribution < -0.4 is 0 Å². The number of allylic oxidation sites excluding steroid dienone is 1. The third-order valence-electron chi connectivity index (χ3n) is 17.7. The van der Waals surface area contributed by atoms with E-state index >= 15 is 0 Å². The van der Waals surface area contributed by atoms with E-state index in [9.17, 15) is 9.59 Å². The van der Waals surface area contributed by atoms with Crippen molar-refractivity contribution in [1.82, 2.24) is 0 Å². The molecule has 3 saturated carbocycles. The molecule has 0 aromatic carbocycles. The van der Waals surface area contributed by atoms with Gasteiger partial charge in [0.15, 0.2) is 0 Å². The van der Waals surface area contributed by atoms with Gasteiger partial charge in [0.25, 0.3) is 0 Å². The highest BCUT2D eigenvalue weighted by atomic mass is 16.5. The zero-order valence-electron chi connectivity index (χ0n) is 44.8. The maximum absolute atomic E-state index is 13.7. The Kier molecular flexibility index (Phi) is 26.3. The van der Waals surface area contributed by atoms with E-state index in [1.54, 1.807) is 5.57 Å². The third kappa shape index (κ3) is 19.4. The van der Waals surface area contributed by atoms with Crippen molar-refractivity contribution in [3.8, 4) is 0 Å². The van der Waals surface area contributed by atoms with Crippen LogP contribution >= 0.6 is 0 Å². The first kappa shape index (κ1) is 57.0. The zero-order valence-corrected chi connectivity index (χ0v) is 44.8. The Hall–Kier alpha value is -1.32. The summed E-state index contributed by atoms with van der Waals surface area (Å²) < 4.78 is 6.46. The van der Waals surface area contributed by atoms with Crippen LogP contribution in [0.3, 0.4) is 0 Å². The fourth-order valence-electron chi connectivity index (χ4n) is 14.2. The number of rotatable bonds is 30. The van der Waals surface area contributed by atoms with Gasteiger partial charge in [-0.1, -0.05) is 216 Å². The lowest BCUT2D eigenvalue weighted by Gasteiger charge is -2.58. The van der Waals surface area contributed by atoms with Crippen molar-refractivity contribution >= 4 is 11.9 Å². The second kappa shape index (κ2) is 29.5. The molecule has 0 heterocycles. The molecule has 10 atom stereocenters. The molecule has 4 aliphatic rings. The average Bonchev–Trinajstić information content (AvgIpc) is 3.59. The van der Waals surface area contributed by atoms with Gasteiger partial charge in [0.1, 0.15) is 6.10 Å². The predicted molar refractivity (Wildman–Crippen MR) is 276 cm³/mol. The van der Waals surface area contributed by atoms with Gasteiger partial charge in [-0.25, -0.2) is 0 Å². The first-order valence-electron chi connectivity index (χ1n) is 28.6. The molecule has 4 rings (SSSR count). The van der Waals surface area contributed by atoms with Crippen LogP contribution in [-0.4, -0.2) is 23.1 Å².